The molecule has 0 bridgehead atoms. The van der Waals surface area contributed by atoms with Gasteiger partial charge in [-0.1, -0.05) is 54.6 Å². The lowest BCUT2D eigenvalue weighted by Crippen LogP contribution is -2.16. The van der Waals surface area contributed by atoms with Crippen molar-refractivity contribution in [1.29, 1.82) is 0 Å². The number of hydrogen-bond acceptors (Lipinski definition) is 5. The summed E-state index contributed by atoms with van der Waals surface area (Å²) < 4.78 is 84.3. The lowest BCUT2D eigenvalue weighted by atomic mass is 9.95. The summed E-state index contributed by atoms with van der Waals surface area (Å²) in [7, 11) is 0. The zero-order valence-electron chi connectivity index (χ0n) is 30.5. The number of nitrogens with zero attached hydrogens (tertiary/aromatic N) is 3. The number of alkyl halides is 6. The molecule has 0 saturated carbocycles. The van der Waals surface area contributed by atoms with Gasteiger partial charge in [-0.25, -0.2) is 9.97 Å². The van der Waals surface area contributed by atoms with E-state index in [4.69, 9.17) is 9.97 Å². The standard InChI is InChI=1S/C48H27F6N3S2/c49-47(50,51)39-26-34-12-10-31(24-35(34)27-40(39)48(52,53)54)30-9-11-33-25-38(22-17-32(33)23-30)57(36-18-13-28(14-19-36)45-55-41-5-1-3-7-43(41)58-45)37-20-15-29(16-21-37)46-56-42-6-2-4-8-44(42)59-46/h1-27H. The molecule has 0 saturated heterocycles. The Hall–Kier alpha value is -6.56. The summed E-state index contributed by atoms with van der Waals surface area (Å²) in [6, 6.07) is 50.3. The number of rotatable bonds is 6. The lowest BCUT2D eigenvalue weighted by molar-refractivity contribution is -0.161. The summed E-state index contributed by atoms with van der Waals surface area (Å²) >= 11 is 3.29. The molecule has 8 aromatic carbocycles. The average molecular weight is 824 g/mol. The molecule has 11 heteroatoms. The maximum atomic E-state index is 13.8. The van der Waals surface area contributed by atoms with Crippen LogP contribution < -0.4 is 4.90 Å². The van der Waals surface area contributed by atoms with Crippen LogP contribution in [0.5, 0.6) is 0 Å². The second kappa shape index (κ2) is 14.1. The number of anilines is 3. The molecule has 288 valence electrons. The predicted octanol–water partition coefficient (Wildman–Crippen LogP) is 15.7. The van der Waals surface area contributed by atoms with Crippen LogP contribution >= 0.6 is 22.7 Å². The van der Waals surface area contributed by atoms with Gasteiger partial charge in [0.15, 0.2) is 0 Å². The molecule has 0 N–H and O–H groups in total. The van der Waals surface area contributed by atoms with Gasteiger partial charge in [-0.05, 0) is 142 Å². The maximum Gasteiger partial charge on any atom is 0.417 e. The first-order valence-electron chi connectivity index (χ1n) is 18.4. The SMILES string of the molecule is FC(F)(F)c1cc2ccc(-c3ccc4cc(N(c5ccc(-c6nc7ccccc7s6)cc5)c5ccc(-c6nc7ccccc7s6)cc5)ccc4c3)cc2cc1C(F)(F)F. The molecule has 59 heavy (non-hydrogen) atoms. The summed E-state index contributed by atoms with van der Waals surface area (Å²) in [4.78, 5) is 11.9. The molecule has 10 rings (SSSR count). The van der Waals surface area contributed by atoms with Crippen LogP contribution in [0.25, 0.3) is 74.2 Å². The van der Waals surface area contributed by atoms with E-state index >= 15 is 0 Å². The number of aromatic nitrogens is 2. The fourth-order valence-corrected chi connectivity index (χ4v) is 9.39. The van der Waals surface area contributed by atoms with Crippen LogP contribution in [0.2, 0.25) is 0 Å². The number of fused-ring (bicyclic) bond motifs is 4. The van der Waals surface area contributed by atoms with Crippen molar-refractivity contribution in [3.63, 3.8) is 0 Å². The van der Waals surface area contributed by atoms with Crippen LogP contribution in [-0.4, -0.2) is 9.97 Å². The molecule has 0 unspecified atom stereocenters. The first kappa shape index (κ1) is 36.8. The molecule has 2 aromatic heterocycles. The monoisotopic (exact) mass is 823 g/mol. The van der Waals surface area contributed by atoms with Crippen molar-refractivity contribution in [3.8, 4) is 32.3 Å². The van der Waals surface area contributed by atoms with E-state index < -0.39 is 23.5 Å². The molecule has 10 aromatic rings. The van der Waals surface area contributed by atoms with Crippen molar-refractivity contribution < 1.29 is 26.3 Å². The van der Waals surface area contributed by atoms with E-state index in [0.717, 1.165) is 69.4 Å². The van der Waals surface area contributed by atoms with E-state index in [1.54, 1.807) is 28.7 Å². The lowest BCUT2D eigenvalue weighted by Gasteiger charge is -2.26. The number of thiazole rings is 2. The van der Waals surface area contributed by atoms with Gasteiger partial charge in [0.05, 0.1) is 31.6 Å². The van der Waals surface area contributed by atoms with Crippen molar-refractivity contribution in [1.82, 2.24) is 9.97 Å². The minimum Gasteiger partial charge on any atom is -0.310 e. The largest absolute Gasteiger partial charge is 0.417 e. The topological polar surface area (TPSA) is 29.0 Å². The van der Waals surface area contributed by atoms with Crippen molar-refractivity contribution in [3.05, 3.63) is 175 Å². The normalized spacial score (nSPS) is 12.2. The van der Waals surface area contributed by atoms with Crippen LogP contribution in [-0.2, 0) is 12.4 Å². The quantitative estimate of drug-likeness (QED) is 0.156. The molecule has 0 spiro atoms. The van der Waals surface area contributed by atoms with E-state index in [9.17, 15) is 26.3 Å². The van der Waals surface area contributed by atoms with E-state index in [1.165, 1.54) is 12.1 Å². The summed E-state index contributed by atoms with van der Waals surface area (Å²) in [6.45, 7) is 0. The Morgan fingerprint density at radius 3 is 1.25 bits per heavy atom. The van der Waals surface area contributed by atoms with Crippen molar-refractivity contribution >= 4 is 81.7 Å². The molecular weight excluding hydrogens is 797 g/mol. The van der Waals surface area contributed by atoms with E-state index in [1.807, 2.05) is 66.7 Å². The Kier molecular flexibility index (Phi) is 8.77. The summed E-state index contributed by atoms with van der Waals surface area (Å²) in [6.07, 6.45) is -10.3. The highest BCUT2D eigenvalue weighted by Gasteiger charge is 2.43. The first-order chi connectivity index (χ1) is 28.4. The molecule has 0 amide bonds. The fraction of sp³-hybridized carbons (Fsp3) is 0.0417. The molecule has 0 atom stereocenters. The molecule has 0 aliphatic rings. The fourth-order valence-electron chi connectivity index (χ4n) is 7.44. The van der Waals surface area contributed by atoms with Crippen LogP contribution in [0.1, 0.15) is 11.1 Å². The molecule has 2 heterocycles. The van der Waals surface area contributed by atoms with Gasteiger partial charge < -0.3 is 4.90 Å². The van der Waals surface area contributed by atoms with E-state index in [0.29, 0.717) is 23.3 Å². The van der Waals surface area contributed by atoms with Gasteiger partial charge in [-0.3, -0.25) is 0 Å². The highest BCUT2D eigenvalue weighted by molar-refractivity contribution is 7.22. The molecule has 0 aliphatic heterocycles. The molecule has 3 nitrogen and oxygen atoms in total. The van der Waals surface area contributed by atoms with Gasteiger partial charge in [-0.15, -0.1) is 22.7 Å². The third-order valence-electron chi connectivity index (χ3n) is 10.3. The Bertz CT molecular complexity index is 3020. The third-order valence-corrected chi connectivity index (χ3v) is 12.5. The van der Waals surface area contributed by atoms with Gasteiger partial charge in [0.2, 0.25) is 0 Å². The Labute approximate surface area is 341 Å². The van der Waals surface area contributed by atoms with Crippen LogP contribution in [0.4, 0.5) is 43.4 Å². The summed E-state index contributed by atoms with van der Waals surface area (Å²) in [5, 5.41) is 3.81. The number of benzene rings is 8. The smallest absolute Gasteiger partial charge is 0.310 e. The van der Waals surface area contributed by atoms with Gasteiger partial charge in [-0.2, -0.15) is 26.3 Å². The van der Waals surface area contributed by atoms with Crippen molar-refractivity contribution in [2.75, 3.05) is 4.90 Å². The molecule has 0 aliphatic carbocycles. The molecular formula is C48H27F6N3S2. The Balaban J connectivity index is 1.02. The summed E-state index contributed by atoms with van der Waals surface area (Å²) in [5.41, 5.74) is 4.60. The Morgan fingerprint density at radius 2 is 0.763 bits per heavy atom. The minimum absolute atomic E-state index is 0.0669. The number of para-hydroxylation sites is 2. The van der Waals surface area contributed by atoms with Crippen LogP contribution in [0.3, 0.4) is 0 Å². The third kappa shape index (κ3) is 6.96. The second-order valence-corrected chi connectivity index (χ2v) is 16.2. The van der Waals surface area contributed by atoms with Gasteiger partial charge in [0.1, 0.15) is 10.0 Å². The van der Waals surface area contributed by atoms with Crippen LogP contribution in [0.15, 0.2) is 164 Å². The van der Waals surface area contributed by atoms with E-state index in [2.05, 4.69) is 71.6 Å². The molecule has 0 radical (unpaired) electrons. The van der Waals surface area contributed by atoms with Gasteiger partial charge in [0, 0.05) is 28.2 Å². The number of hydrogen-bond donors (Lipinski definition) is 0. The van der Waals surface area contributed by atoms with Crippen molar-refractivity contribution in [2.45, 2.75) is 12.4 Å². The van der Waals surface area contributed by atoms with Crippen LogP contribution in [0, 0.1) is 0 Å². The Morgan fingerprint density at radius 1 is 0.373 bits per heavy atom. The predicted molar refractivity (Wildman–Crippen MR) is 229 cm³/mol. The van der Waals surface area contributed by atoms with Gasteiger partial charge in [0.25, 0.3) is 0 Å². The van der Waals surface area contributed by atoms with E-state index in [-0.39, 0.29) is 10.8 Å². The number of halogens is 6. The van der Waals surface area contributed by atoms with Gasteiger partial charge >= 0.3 is 12.4 Å². The molecule has 0 fully saturated rings. The highest BCUT2D eigenvalue weighted by Crippen LogP contribution is 2.44. The van der Waals surface area contributed by atoms with Crippen molar-refractivity contribution in [2.24, 2.45) is 0 Å². The summed E-state index contributed by atoms with van der Waals surface area (Å²) in [5.74, 6) is 0. The maximum absolute atomic E-state index is 13.8. The highest BCUT2D eigenvalue weighted by atomic mass is 32.1. The first-order valence-corrected chi connectivity index (χ1v) is 20.1. The minimum atomic E-state index is -5.17. The zero-order valence-corrected chi connectivity index (χ0v) is 32.1. The second-order valence-electron chi connectivity index (χ2n) is 14.1. The zero-order chi connectivity index (χ0) is 40.5. The average Bonchev–Trinajstić information content (AvgIpc) is 3.88.